The molecule has 0 aliphatic heterocycles. The number of nitrogens with zero attached hydrogens (tertiary/aromatic N) is 2. The van der Waals surface area contributed by atoms with E-state index in [1.54, 1.807) is 6.07 Å². The third-order valence-electron chi connectivity index (χ3n) is 2.08. The maximum atomic E-state index is 8.59. The van der Waals surface area contributed by atoms with Crippen LogP contribution in [0.2, 0.25) is 0 Å². The predicted octanol–water partition coefficient (Wildman–Crippen LogP) is 2.70. The van der Waals surface area contributed by atoms with Crippen LogP contribution in [0.5, 0.6) is 0 Å². The number of hydrogen-bond donors (Lipinski definition) is 0. The predicted molar refractivity (Wildman–Crippen MR) is 62.2 cm³/mol. The van der Waals surface area contributed by atoms with Gasteiger partial charge in [0, 0.05) is 6.07 Å². The van der Waals surface area contributed by atoms with E-state index in [9.17, 15) is 0 Å². The lowest BCUT2D eigenvalue weighted by molar-refractivity contribution is 0.132. The van der Waals surface area contributed by atoms with Crippen LogP contribution in [0.4, 0.5) is 0 Å². The molecule has 0 aliphatic carbocycles. The van der Waals surface area contributed by atoms with Crippen molar-refractivity contribution >= 4 is 6.21 Å². The van der Waals surface area contributed by atoms with E-state index in [1.807, 2.05) is 36.4 Å². The molecule has 0 N–H and O–H groups in total. The van der Waals surface area contributed by atoms with Crippen molar-refractivity contribution in [1.82, 2.24) is 0 Å². The molecule has 0 amide bonds. The topological polar surface area (TPSA) is 58.5 Å². The Labute approximate surface area is 98.7 Å². The highest BCUT2D eigenvalue weighted by Gasteiger charge is 1.97. The molecular weight excluding hydrogens is 216 g/mol. The number of furan rings is 1. The van der Waals surface area contributed by atoms with Gasteiger partial charge in [0.1, 0.15) is 30.9 Å². The van der Waals surface area contributed by atoms with E-state index in [0.29, 0.717) is 17.9 Å². The molecule has 0 atom stereocenters. The molecule has 1 heterocycles. The van der Waals surface area contributed by atoms with E-state index >= 15 is 0 Å². The number of oxime groups is 1. The van der Waals surface area contributed by atoms with E-state index in [0.717, 1.165) is 5.56 Å². The summed E-state index contributed by atoms with van der Waals surface area (Å²) in [6, 6.07) is 13.3. The zero-order chi connectivity index (χ0) is 11.9. The molecule has 0 unspecified atom stereocenters. The average molecular weight is 226 g/mol. The van der Waals surface area contributed by atoms with Gasteiger partial charge in [-0.3, -0.25) is 0 Å². The Morgan fingerprint density at radius 2 is 2.18 bits per heavy atom. The smallest absolute Gasteiger partial charge is 0.149 e. The maximum Gasteiger partial charge on any atom is 0.149 e. The number of hydrogen-bond acceptors (Lipinski definition) is 4. The maximum absolute atomic E-state index is 8.59. The fourth-order valence-corrected chi connectivity index (χ4v) is 1.25. The standard InChI is InChI=1S/C13H10N2O2/c14-7-12-6-13(16-9-12)8-15-17-10-11-4-2-1-3-5-11/h1-6,8-9H,10H2. The van der Waals surface area contributed by atoms with Gasteiger partial charge in [-0.05, 0) is 5.56 Å². The molecule has 4 nitrogen and oxygen atoms in total. The van der Waals surface area contributed by atoms with Crippen LogP contribution in [0.15, 0.2) is 52.2 Å². The largest absolute Gasteiger partial charge is 0.462 e. The van der Waals surface area contributed by atoms with Gasteiger partial charge in [-0.15, -0.1) is 0 Å². The monoisotopic (exact) mass is 226 g/mol. The first-order chi connectivity index (χ1) is 8.38. The highest BCUT2D eigenvalue weighted by Crippen LogP contribution is 2.04. The Bertz CT molecular complexity index is 538. The van der Waals surface area contributed by atoms with E-state index in [-0.39, 0.29) is 0 Å². The second-order valence-corrected chi connectivity index (χ2v) is 3.34. The van der Waals surface area contributed by atoms with Gasteiger partial charge in [0.2, 0.25) is 0 Å². The van der Waals surface area contributed by atoms with E-state index < -0.39 is 0 Å². The van der Waals surface area contributed by atoms with Crippen LogP contribution in [0.3, 0.4) is 0 Å². The van der Waals surface area contributed by atoms with Gasteiger partial charge in [-0.1, -0.05) is 35.5 Å². The third kappa shape index (κ3) is 3.21. The molecule has 0 saturated heterocycles. The molecule has 1 aromatic heterocycles. The minimum absolute atomic E-state index is 0.406. The summed E-state index contributed by atoms with van der Waals surface area (Å²) in [5.74, 6) is 0.495. The quantitative estimate of drug-likeness (QED) is 0.594. The molecule has 2 rings (SSSR count). The summed E-state index contributed by atoms with van der Waals surface area (Å²) in [7, 11) is 0. The first-order valence-electron chi connectivity index (χ1n) is 5.06. The first-order valence-corrected chi connectivity index (χ1v) is 5.06. The van der Waals surface area contributed by atoms with Crippen molar-refractivity contribution in [2.45, 2.75) is 6.61 Å². The zero-order valence-corrected chi connectivity index (χ0v) is 9.04. The Kier molecular flexibility index (Phi) is 3.56. The number of benzene rings is 1. The van der Waals surface area contributed by atoms with Crippen molar-refractivity contribution in [3.63, 3.8) is 0 Å². The van der Waals surface area contributed by atoms with Crippen LogP contribution in [0.1, 0.15) is 16.9 Å². The zero-order valence-electron chi connectivity index (χ0n) is 9.04. The van der Waals surface area contributed by atoms with Crippen LogP contribution in [-0.4, -0.2) is 6.21 Å². The lowest BCUT2D eigenvalue weighted by atomic mass is 10.2. The van der Waals surface area contributed by atoms with Gasteiger partial charge in [-0.2, -0.15) is 5.26 Å². The van der Waals surface area contributed by atoms with E-state index in [4.69, 9.17) is 14.5 Å². The van der Waals surface area contributed by atoms with Gasteiger partial charge < -0.3 is 9.25 Å². The van der Waals surface area contributed by atoms with Crippen LogP contribution >= 0.6 is 0 Å². The van der Waals surface area contributed by atoms with Crippen LogP contribution in [0, 0.1) is 11.3 Å². The molecule has 17 heavy (non-hydrogen) atoms. The van der Waals surface area contributed by atoms with Gasteiger partial charge in [-0.25, -0.2) is 0 Å². The van der Waals surface area contributed by atoms with Gasteiger partial charge in [0.05, 0.1) is 5.56 Å². The fraction of sp³-hybridized carbons (Fsp3) is 0.0769. The van der Waals surface area contributed by atoms with Gasteiger partial charge in [0.25, 0.3) is 0 Å². The molecular formula is C13H10N2O2. The summed E-state index contributed by atoms with van der Waals surface area (Å²) < 4.78 is 5.06. The van der Waals surface area contributed by atoms with Crippen molar-refractivity contribution in [2.24, 2.45) is 5.16 Å². The van der Waals surface area contributed by atoms with Crippen molar-refractivity contribution < 1.29 is 9.25 Å². The number of rotatable bonds is 4. The van der Waals surface area contributed by atoms with Crippen LogP contribution < -0.4 is 0 Å². The Morgan fingerprint density at radius 3 is 2.88 bits per heavy atom. The SMILES string of the molecule is N#Cc1coc(C=NOCc2ccccc2)c1. The summed E-state index contributed by atoms with van der Waals surface area (Å²) in [5.41, 5.74) is 1.51. The van der Waals surface area contributed by atoms with Crippen molar-refractivity contribution in [2.75, 3.05) is 0 Å². The molecule has 0 radical (unpaired) electrons. The third-order valence-corrected chi connectivity index (χ3v) is 2.08. The molecule has 0 spiro atoms. The Morgan fingerprint density at radius 1 is 1.35 bits per heavy atom. The van der Waals surface area contributed by atoms with Crippen molar-refractivity contribution in [1.29, 1.82) is 5.26 Å². The summed E-state index contributed by atoms with van der Waals surface area (Å²) in [6.45, 7) is 0.406. The van der Waals surface area contributed by atoms with Gasteiger partial charge in [0.15, 0.2) is 0 Å². The molecule has 4 heteroatoms. The lowest BCUT2D eigenvalue weighted by Crippen LogP contribution is -1.86. The second kappa shape index (κ2) is 5.52. The molecule has 84 valence electrons. The summed E-state index contributed by atoms with van der Waals surface area (Å²) in [4.78, 5) is 5.09. The average Bonchev–Trinajstić information content (AvgIpc) is 2.84. The molecule has 1 aromatic carbocycles. The lowest BCUT2D eigenvalue weighted by Gasteiger charge is -1.97. The van der Waals surface area contributed by atoms with Gasteiger partial charge >= 0.3 is 0 Å². The molecule has 2 aromatic rings. The molecule has 0 bridgehead atoms. The summed E-state index contributed by atoms with van der Waals surface area (Å²) >= 11 is 0. The Hall–Kier alpha value is -2.54. The summed E-state index contributed by atoms with van der Waals surface area (Å²) in [5, 5.41) is 12.3. The molecule has 0 fully saturated rings. The highest BCUT2D eigenvalue weighted by molar-refractivity contribution is 5.75. The minimum Gasteiger partial charge on any atom is -0.462 e. The first kappa shape index (κ1) is 11.0. The number of nitriles is 1. The van der Waals surface area contributed by atoms with E-state index in [2.05, 4.69) is 5.16 Å². The molecule has 0 saturated carbocycles. The van der Waals surface area contributed by atoms with Crippen LogP contribution in [-0.2, 0) is 11.4 Å². The molecule has 0 aliphatic rings. The van der Waals surface area contributed by atoms with Crippen molar-refractivity contribution in [3.05, 3.63) is 59.5 Å². The fourth-order valence-electron chi connectivity index (χ4n) is 1.25. The van der Waals surface area contributed by atoms with E-state index in [1.165, 1.54) is 12.5 Å². The van der Waals surface area contributed by atoms with Crippen LogP contribution in [0.25, 0.3) is 0 Å². The Balaban J connectivity index is 1.84. The highest BCUT2D eigenvalue weighted by atomic mass is 16.6. The van der Waals surface area contributed by atoms with Crippen molar-refractivity contribution in [3.8, 4) is 6.07 Å². The second-order valence-electron chi connectivity index (χ2n) is 3.34. The summed E-state index contributed by atoms with van der Waals surface area (Å²) in [6.07, 6.45) is 2.81. The minimum atomic E-state index is 0.406. The normalized spacial score (nSPS) is 10.3.